The molecule has 1 aliphatic heterocycles. The highest BCUT2D eigenvalue weighted by Crippen LogP contribution is 2.29. The molecule has 0 spiro atoms. The van der Waals surface area contributed by atoms with E-state index in [1.807, 2.05) is 49.0 Å². The molecule has 0 bridgehead atoms. The Labute approximate surface area is 147 Å². The molecular weight excluding hydrogens is 316 g/mol. The largest absolute Gasteiger partial charge is 0.356 e. The van der Waals surface area contributed by atoms with Gasteiger partial charge in [0.05, 0.1) is 5.92 Å². The number of nitrogens with zero attached hydrogens (tertiary/aromatic N) is 3. The number of aromatic nitrogens is 2. The smallest absolute Gasteiger partial charge is 0.227 e. The molecule has 6 heteroatoms. The fraction of sp³-hybridized carbons (Fsp3) is 0.421. The van der Waals surface area contributed by atoms with Crippen molar-refractivity contribution in [3.8, 4) is 0 Å². The van der Waals surface area contributed by atoms with E-state index in [9.17, 15) is 9.59 Å². The first-order chi connectivity index (χ1) is 12.1. The Morgan fingerprint density at radius 1 is 1.32 bits per heavy atom. The van der Waals surface area contributed by atoms with Crippen molar-refractivity contribution in [2.45, 2.75) is 33.2 Å². The van der Waals surface area contributed by atoms with Crippen LogP contribution in [-0.4, -0.2) is 34.7 Å². The summed E-state index contributed by atoms with van der Waals surface area (Å²) in [5.74, 6) is -0.302. The number of benzene rings is 1. The first kappa shape index (κ1) is 17.2. The third-order valence-electron chi connectivity index (χ3n) is 4.79. The summed E-state index contributed by atoms with van der Waals surface area (Å²) in [5, 5.41) is 7.08. The number of hydrogen-bond acceptors (Lipinski definition) is 3. The first-order valence-corrected chi connectivity index (χ1v) is 8.68. The van der Waals surface area contributed by atoms with Crippen molar-refractivity contribution in [2.24, 2.45) is 5.92 Å². The Bertz CT molecular complexity index is 755. The average Bonchev–Trinajstić information content (AvgIpc) is 3.24. The van der Waals surface area contributed by atoms with E-state index >= 15 is 0 Å². The quantitative estimate of drug-likeness (QED) is 0.819. The second kappa shape index (κ2) is 7.51. The van der Waals surface area contributed by atoms with Crippen molar-refractivity contribution in [2.75, 3.05) is 18.0 Å². The Kier molecular flexibility index (Phi) is 5.16. The van der Waals surface area contributed by atoms with E-state index in [1.54, 1.807) is 11.1 Å². The van der Waals surface area contributed by atoms with Gasteiger partial charge in [-0.1, -0.05) is 12.1 Å². The van der Waals surface area contributed by atoms with Crippen molar-refractivity contribution < 1.29 is 9.59 Å². The molecule has 2 aromatic rings. The third kappa shape index (κ3) is 3.90. The molecule has 1 aromatic heterocycles. The number of hydrogen-bond donors (Lipinski definition) is 1. The molecule has 2 amide bonds. The molecule has 1 N–H and O–H groups in total. The number of carbonyl (C=O) groups excluding carboxylic acids is 2. The van der Waals surface area contributed by atoms with E-state index in [0.29, 0.717) is 13.1 Å². The third-order valence-corrected chi connectivity index (χ3v) is 4.79. The van der Waals surface area contributed by atoms with Gasteiger partial charge in [0.25, 0.3) is 0 Å². The Hall–Kier alpha value is -2.63. The Balaban J connectivity index is 1.53. The SMILES string of the molecule is Cc1cccc(N2CC(C(=O)NCCCn3cccn3)CC2=O)c1C. The summed E-state index contributed by atoms with van der Waals surface area (Å²) in [7, 11) is 0. The van der Waals surface area contributed by atoms with E-state index < -0.39 is 0 Å². The van der Waals surface area contributed by atoms with Crippen molar-refractivity contribution >= 4 is 17.5 Å². The second-order valence-electron chi connectivity index (χ2n) is 6.54. The zero-order chi connectivity index (χ0) is 17.8. The molecule has 132 valence electrons. The molecule has 3 rings (SSSR count). The molecule has 1 fully saturated rings. The van der Waals surface area contributed by atoms with Crippen LogP contribution < -0.4 is 10.2 Å². The fourth-order valence-electron chi connectivity index (χ4n) is 3.17. The lowest BCUT2D eigenvalue weighted by Crippen LogP contribution is -2.34. The number of carbonyl (C=O) groups is 2. The molecule has 0 radical (unpaired) electrons. The zero-order valence-electron chi connectivity index (χ0n) is 14.7. The highest BCUT2D eigenvalue weighted by atomic mass is 16.2. The van der Waals surface area contributed by atoms with Gasteiger partial charge < -0.3 is 10.2 Å². The van der Waals surface area contributed by atoms with E-state index in [0.717, 1.165) is 29.8 Å². The van der Waals surface area contributed by atoms with Crippen LogP contribution in [0.4, 0.5) is 5.69 Å². The monoisotopic (exact) mass is 340 g/mol. The Morgan fingerprint density at radius 3 is 2.92 bits per heavy atom. The van der Waals surface area contributed by atoms with Crippen LogP contribution in [0.1, 0.15) is 24.0 Å². The van der Waals surface area contributed by atoms with Gasteiger partial charge in [-0.25, -0.2) is 0 Å². The predicted octanol–water partition coefficient (Wildman–Crippen LogP) is 2.06. The van der Waals surface area contributed by atoms with Crippen LogP contribution in [0.5, 0.6) is 0 Å². The number of nitrogens with one attached hydrogen (secondary N) is 1. The minimum absolute atomic E-state index is 0.0189. The van der Waals surface area contributed by atoms with Crippen LogP contribution in [0.2, 0.25) is 0 Å². The molecule has 0 saturated carbocycles. The highest BCUT2D eigenvalue weighted by molar-refractivity contribution is 6.00. The molecule has 0 aliphatic carbocycles. The lowest BCUT2D eigenvalue weighted by atomic mass is 10.1. The van der Waals surface area contributed by atoms with E-state index in [4.69, 9.17) is 0 Å². The number of anilines is 1. The van der Waals surface area contributed by atoms with Crippen molar-refractivity contribution in [3.05, 3.63) is 47.8 Å². The summed E-state index contributed by atoms with van der Waals surface area (Å²) >= 11 is 0. The maximum absolute atomic E-state index is 12.4. The molecule has 25 heavy (non-hydrogen) atoms. The zero-order valence-corrected chi connectivity index (χ0v) is 14.7. The van der Waals surface area contributed by atoms with Gasteiger partial charge in [-0.15, -0.1) is 0 Å². The summed E-state index contributed by atoms with van der Waals surface area (Å²) in [5.41, 5.74) is 3.16. The lowest BCUT2D eigenvalue weighted by molar-refractivity contribution is -0.126. The number of aryl methyl sites for hydroxylation is 2. The van der Waals surface area contributed by atoms with Crippen LogP contribution in [-0.2, 0) is 16.1 Å². The summed E-state index contributed by atoms with van der Waals surface area (Å²) < 4.78 is 1.84. The summed E-state index contributed by atoms with van der Waals surface area (Å²) in [6, 6.07) is 7.81. The Morgan fingerprint density at radius 2 is 2.16 bits per heavy atom. The maximum Gasteiger partial charge on any atom is 0.227 e. The van der Waals surface area contributed by atoms with E-state index in [-0.39, 0.29) is 24.2 Å². The summed E-state index contributed by atoms with van der Waals surface area (Å²) in [6.45, 7) is 5.86. The van der Waals surface area contributed by atoms with Crippen LogP contribution in [0.3, 0.4) is 0 Å². The fourth-order valence-corrected chi connectivity index (χ4v) is 3.17. The van der Waals surface area contributed by atoms with Gasteiger partial charge in [0, 0.05) is 44.1 Å². The van der Waals surface area contributed by atoms with Gasteiger partial charge in [-0.2, -0.15) is 5.10 Å². The molecule has 1 aliphatic rings. The van der Waals surface area contributed by atoms with Crippen molar-refractivity contribution in [1.82, 2.24) is 15.1 Å². The van der Waals surface area contributed by atoms with E-state index in [2.05, 4.69) is 10.4 Å². The predicted molar refractivity (Wildman–Crippen MR) is 96.2 cm³/mol. The van der Waals surface area contributed by atoms with Gasteiger partial charge in [-0.3, -0.25) is 14.3 Å². The molecule has 1 unspecified atom stereocenters. The molecule has 1 atom stereocenters. The van der Waals surface area contributed by atoms with Crippen molar-refractivity contribution in [1.29, 1.82) is 0 Å². The molecule has 2 heterocycles. The molecular formula is C19H24N4O2. The average molecular weight is 340 g/mol. The number of amides is 2. The van der Waals surface area contributed by atoms with Gasteiger partial charge in [-0.05, 0) is 43.5 Å². The van der Waals surface area contributed by atoms with Gasteiger partial charge >= 0.3 is 0 Å². The lowest BCUT2D eigenvalue weighted by Gasteiger charge is -2.20. The van der Waals surface area contributed by atoms with Crippen molar-refractivity contribution in [3.63, 3.8) is 0 Å². The van der Waals surface area contributed by atoms with Gasteiger partial charge in [0.15, 0.2) is 0 Å². The standard InChI is InChI=1S/C19H24N4O2/c1-14-6-3-7-17(15(14)2)23-13-16(12-18(23)24)19(25)20-8-4-10-22-11-5-9-21-22/h3,5-7,9,11,16H,4,8,10,12-13H2,1-2H3,(H,20,25). The minimum Gasteiger partial charge on any atom is -0.356 e. The van der Waals surface area contributed by atoms with Crippen LogP contribution >= 0.6 is 0 Å². The highest BCUT2D eigenvalue weighted by Gasteiger charge is 2.35. The molecule has 1 aromatic carbocycles. The van der Waals surface area contributed by atoms with Gasteiger partial charge in [0.2, 0.25) is 11.8 Å². The second-order valence-corrected chi connectivity index (χ2v) is 6.54. The van der Waals surface area contributed by atoms with E-state index in [1.165, 1.54) is 0 Å². The summed E-state index contributed by atoms with van der Waals surface area (Å²) in [6.07, 6.45) is 4.73. The molecule has 1 saturated heterocycles. The first-order valence-electron chi connectivity index (χ1n) is 8.68. The van der Waals surface area contributed by atoms with Crippen LogP contribution in [0.25, 0.3) is 0 Å². The summed E-state index contributed by atoms with van der Waals surface area (Å²) in [4.78, 5) is 26.5. The van der Waals surface area contributed by atoms with Gasteiger partial charge in [0.1, 0.15) is 0 Å². The topological polar surface area (TPSA) is 67.2 Å². The maximum atomic E-state index is 12.4. The normalized spacial score (nSPS) is 17.1. The number of rotatable bonds is 6. The molecule has 6 nitrogen and oxygen atoms in total. The van der Waals surface area contributed by atoms with Crippen LogP contribution in [0.15, 0.2) is 36.7 Å². The minimum atomic E-state index is -0.280. The van der Waals surface area contributed by atoms with Crippen LogP contribution in [0, 0.1) is 19.8 Å².